The Bertz CT molecular complexity index is 1090. The number of fused-ring (bicyclic) bond motifs is 3. The van der Waals surface area contributed by atoms with Crippen LogP contribution in [-0.4, -0.2) is 19.1 Å². The predicted octanol–water partition coefficient (Wildman–Crippen LogP) is 5.18. The molecule has 0 spiro atoms. The van der Waals surface area contributed by atoms with Crippen LogP contribution in [0.1, 0.15) is 16.7 Å². The second-order valence-corrected chi connectivity index (χ2v) is 6.21. The minimum atomic E-state index is -0.364. The van der Waals surface area contributed by atoms with Crippen LogP contribution < -0.4 is 9.47 Å². The first kappa shape index (κ1) is 16.8. The molecular weight excluding hydrogens is 342 g/mol. The second kappa shape index (κ2) is 6.61. The third kappa shape index (κ3) is 2.83. The van der Waals surface area contributed by atoms with Gasteiger partial charge in [0, 0.05) is 12.1 Å². The number of methoxy groups -OCH3 is 2. The molecule has 0 heterocycles. The van der Waals surface area contributed by atoms with Gasteiger partial charge in [-0.25, -0.2) is 0 Å². The van der Waals surface area contributed by atoms with Crippen molar-refractivity contribution in [3.63, 3.8) is 0 Å². The van der Waals surface area contributed by atoms with Gasteiger partial charge in [0.2, 0.25) is 0 Å². The fourth-order valence-corrected chi connectivity index (χ4v) is 3.47. The molecule has 1 aliphatic carbocycles. The highest BCUT2D eigenvalue weighted by molar-refractivity contribution is 6.07. The molecular formula is C22H17NO4. The Kier molecular flexibility index (Phi) is 4.12. The molecule has 3 aromatic rings. The first-order valence-electron chi connectivity index (χ1n) is 8.44. The predicted molar refractivity (Wildman–Crippen MR) is 105 cm³/mol. The van der Waals surface area contributed by atoms with E-state index in [1.165, 1.54) is 0 Å². The monoisotopic (exact) mass is 359 g/mol. The summed E-state index contributed by atoms with van der Waals surface area (Å²) < 4.78 is 10.7. The highest BCUT2D eigenvalue weighted by Gasteiger charge is 2.25. The molecule has 5 heteroatoms. The molecule has 1 aliphatic rings. The molecule has 0 fully saturated rings. The Morgan fingerprint density at radius 3 is 2.22 bits per heavy atom. The SMILES string of the molecule is COc1ccc(C=C2c3ccccc3-c3ccc([N+](=O)[O-])cc32)cc1OC. The number of hydrogen-bond donors (Lipinski definition) is 0. The zero-order valence-corrected chi connectivity index (χ0v) is 14.9. The second-order valence-electron chi connectivity index (χ2n) is 6.21. The number of nitrogens with zero attached hydrogens (tertiary/aromatic N) is 1. The van der Waals surface area contributed by atoms with Crippen molar-refractivity contribution >= 4 is 17.3 Å². The lowest BCUT2D eigenvalue weighted by molar-refractivity contribution is -0.384. The fourth-order valence-electron chi connectivity index (χ4n) is 3.47. The van der Waals surface area contributed by atoms with Gasteiger partial charge in [-0.05, 0) is 57.7 Å². The summed E-state index contributed by atoms with van der Waals surface area (Å²) in [7, 11) is 3.19. The molecule has 0 atom stereocenters. The summed E-state index contributed by atoms with van der Waals surface area (Å²) >= 11 is 0. The zero-order chi connectivity index (χ0) is 19.0. The first-order valence-corrected chi connectivity index (χ1v) is 8.44. The van der Waals surface area contributed by atoms with E-state index in [4.69, 9.17) is 9.47 Å². The number of non-ortho nitro benzene ring substituents is 1. The third-order valence-electron chi connectivity index (χ3n) is 4.73. The van der Waals surface area contributed by atoms with Gasteiger partial charge in [0.05, 0.1) is 19.1 Å². The van der Waals surface area contributed by atoms with Crippen LogP contribution in [0.4, 0.5) is 5.69 Å². The van der Waals surface area contributed by atoms with E-state index in [0.717, 1.165) is 33.4 Å². The lowest BCUT2D eigenvalue weighted by atomic mass is 10.0. The molecule has 0 radical (unpaired) electrons. The largest absolute Gasteiger partial charge is 0.493 e. The lowest BCUT2D eigenvalue weighted by Crippen LogP contribution is -1.91. The molecule has 0 saturated carbocycles. The van der Waals surface area contributed by atoms with E-state index < -0.39 is 0 Å². The topological polar surface area (TPSA) is 61.6 Å². The standard InChI is InChI=1S/C22H17NO4/c1-26-21-10-7-14(12-22(21)27-2)11-19-17-6-4-3-5-16(17)18-9-8-15(23(24)25)13-20(18)19/h3-13H,1-2H3. The molecule has 3 aromatic carbocycles. The maximum atomic E-state index is 11.2. The van der Waals surface area contributed by atoms with Gasteiger partial charge in [0.1, 0.15) is 0 Å². The Labute approximate surface area is 156 Å². The summed E-state index contributed by atoms with van der Waals surface area (Å²) in [4.78, 5) is 10.9. The van der Waals surface area contributed by atoms with Crippen LogP contribution in [0, 0.1) is 10.1 Å². The number of hydrogen-bond acceptors (Lipinski definition) is 4. The van der Waals surface area contributed by atoms with Gasteiger partial charge in [-0.1, -0.05) is 30.3 Å². The zero-order valence-electron chi connectivity index (χ0n) is 14.9. The normalized spacial score (nSPS) is 13.2. The molecule has 27 heavy (non-hydrogen) atoms. The third-order valence-corrected chi connectivity index (χ3v) is 4.73. The molecule has 134 valence electrons. The van der Waals surface area contributed by atoms with Gasteiger partial charge in [-0.3, -0.25) is 10.1 Å². The van der Waals surface area contributed by atoms with Crippen LogP contribution in [0.2, 0.25) is 0 Å². The summed E-state index contributed by atoms with van der Waals surface area (Å²) in [5.74, 6) is 1.29. The Morgan fingerprint density at radius 1 is 0.815 bits per heavy atom. The molecule has 0 saturated heterocycles. The fraction of sp³-hybridized carbons (Fsp3) is 0.0909. The van der Waals surface area contributed by atoms with Crippen LogP contribution in [0.15, 0.2) is 60.7 Å². The van der Waals surface area contributed by atoms with Crippen LogP contribution in [0.25, 0.3) is 22.8 Å². The molecule has 4 rings (SSSR count). The van der Waals surface area contributed by atoms with Gasteiger partial charge in [-0.15, -0.1) is 0 Å². The van der Waals surface area contributed by atoms with Crippen molar-refractivity contribution in [2.24, 2.45) is 0 Å². The van der Waals surface area contributed by atoms with Crippen molar-refractivity contribution in [3.8, 4) is 22.6 Å². The maximum Gasteiger partial charge on any atom is 0.270 e. The van der Waals surface area contributed by atoms with Crippen LogP contribution in [-0.2, 0) is 0 Å². The van der Waals surface area contributed by atoms with Crippen molar-refractivity contribution in [2.45, 2.75) is 0 Å². The van der Waals surface area contributed by atoms with Gasteiger partial charge >= 0.3 is 0 Å². The van der Waals surface area contributed by atoms with Crippen molar-refractivity contribution in [1.29, 1.82) is 0 Å². The summed E-state index contributed by atoms with van der Waals surface area (Å²) in [6.45, 7) is 0. The summed E-state index contributed by atoms with van der Waals surface area (Å²) in [5, 5.41) is 11.2. The molecule has 5 nitrogen and oxygen atoms in total. The Balaban J connectivity index is 1.91. The first-order chi connectivity index (χ1) is 13.1. The number of rotatable bonds is 4. The van der Waals surface area contributed by atoms with E-state index in [1.807, 2.05) is 54.6 Å². The van der Waals surface area contributed by atoms with Gasteiger partial charge in [0.25, 0.3) is 5.69 Å². The van der Waals surface area contributed by atoms with E-state index in [-0.39, 0.29) is 10.6 Å². The Morgan fingerprint density at radius 2 is 1.52 bits per heavy atom. The summed E-state index contributed by atoms with van der Waals surface area (Å²) in [5.41, 5.74) is 5.97. The van der Waals surface area contributed by atoms with Crippen molar-refractivity contribution < 1.29 is 14.4 Å². The molecule has 0 aromatic heterocycles. The van der Waals surface area contributed by atoms with Crippen molar-refractivity contribution in [1.82, 2.24) is 0 Å². The van der Waals surface area contributed by atoms with Gasteiger partial charge in [0.15, 0.2) is 11.5 Å². The molecule has 0 unspecified atom stereocenters. The van der Waals surface area contributed by atoms with Crippen molar-refractivity contribution in [2.75, 3.05) is 14.2 Å². The van der Waals surface area contributed by atoms with E-state index in [9.17, 15) is 10.1 Å². The van der Waals surface area contributed by atoms with Crippen molar-refractivity contribution in [3.05, 3.63) is 87.5 Å². The highest BCUT2D eigenvalue weighted by atomic mass is 16.6. The van der Waals surface area contributed by atoms with E-state index in [2.05, 4.69) is 0 Å². The quantitative estimate of drug-likeness (QED) is 0.372. The van der Waals surface area contributed by atoms with Gasteiger partial charge < -0.3 is 9.47 Å². The van der Waals surface area contributed by atoms with Crippen LogP contribution in [0.5, 0.6) is 11.5 Å². The average molecular weight is 359 g/mol. The summed E-state index contributed by atoms with van der Waals surface area (Å²) in [6, 6.07) is 18.7. The number of nitro benzene ring substituents is 1. The van der Waals surface area contributed by atoms with Crippen LogP contribution in [0.3, 0.4) is 0 Å². The smallest absolute Gasteiger partial charge is 0.270 e. The van der Waals surface area contributed by atoms with Crippen LogP contribution >= 0.6 is 0 Å². The number of benzene rings is 3. The summed E-state index contributed by atoms with van der Waals surface area (Å²) in [6.07, 6.45) is 2.02. The molecule has 0 bridgehead atoms. The Hall–Kier alpha value is -3.60. The average Bonchev–Trinajstić information content (AvgIpc) is 3.01. The lowest BCUT2D eigenvalue weighted by Gasteiger charge is -2.09. The molecule has 0 N–H and O–H groups in total. The van der Waals surface area contributed by atoms with E-state index >= 15 is 0 Å². The van der Waals surface area contributed by atoms with E-state index in [1.54, 1.807) is 26.4 Å². The highest BCUT2D eigenvalue weighted by Crippen LogP contribution is 2.46. The number of nitro groups is 1. The molecule has 0 amide bonds. The molecule has 0 aliphatic heterocycles. The van der Waals surface area contributed by atoms with Gasteiger partial charge in [-0.2, -0.15) is 0 Å². The number of ether oxygens (including phenoxy) is 2. The minimum absolute atomic E-state index is 0.0831. The maximum absolute atomic E-state index is 11.2. The minimum Gasteiger partial charge on any atom is -0.493 e. The van der Waals surface area contributed by atoms with E-state index in [0.29, 0.717) is 11.5 Å².